The topological polar surface area (TPSA) is 62.0 Å². The molecule has 3 aromatic rings. The average molecular weight is 442 g/mol. The number of hydrogen-bond acceptors (Lipinski definition) is 2. The second kappa shape index (κ2) is 7.22. The van der Waals surface area contributed by atoms with Gasteiger partial charge in [0.25, 0.3) is 11.7 Å². The predicted octanol–water partition coefficient (Wildman–Crippen LogP) is 6.51. The summed E-state index contributed by atoms with van der Waals surface area (Å²) in [5.74, 6) is -2.28. The summed E-state index contributed by atoms with van der Waals surface area (Å²) in [6.07, 6.45) is -1.86. The number of anilines is 1. The number of ketones is 1. The SMILES string of the molecule is CC1(C)CCC(C)(C)c2cc(C(=O)Nc3ccc4[nH]cc(C(=O)C(F)(F)F)c4c3)ccc21. The molecule has 0 spiro atoms. The van der Waals surface area contributed by atoms with Gasteiger partial charge < -0.3 is 10.3 Å². The molecular weight excluding hydrogens is 417 g/mol. The molecule has 2 aromatic carbocycles. The van der Waals surface area contributed by atoms with Crippen LogP contribution in [0.2, 0.25) is 0 Å². The van der Waals surface area contributed by atoms with Crippen molar-refractivity contribution in [2.45, 2.75) is 57.5 Å². The van der Waals surface area contributed by atoms with Gasteiger partial charge in [0.05, 0.1) is 5.56 Å². The Morgan fingerprint density at radius 1 is 0.938 bits per heavy atom. The summed E-state index contributed by atoms with van der Waals surface area (Å²) in [4.78, 5) is 27.3. The van der Waals surface area contributed by atoms with Crippen LogP contribution in [-0.4, -0.2) is 22.9 Å². The first-order valence-electron chi connectivity index (χ1n) is 10.5. The van der Waals surface area contributed by atoms with Crippen molar-refractivity contribution < 1.29 is 22.8 Å². The Hall–Kier alpha value is -3.09. The molecule has 0 fully saturated rings. The van der Waals surface area contributed by atoms with Gasteiger partial charge in [-0.15, -0.1) is 0 Å². The lowest BCUT2D eigenvalue weighted by molar-refractivity contribution is -0.0884. The van der Waals surface area contributed by atoms with Crippen molar-refractivity contribution in [1.82, 2.24) is 4.98 Å². The summed E-state index contributed by atoms with van der Waals surface area (Å²) in [6.45, 7) is 8.74. The van der Waals surface area contributed by atoms with E-state index in [1.807, 2.05) is 12.1 Å². The summed E-state index contributed by atoms with van der Waals surface area (Å²) in [5, 5.41) is 2.86. The van der Waals surface area contributed by atoms with Crippen LogP contribution in [-0.2, 0) is 10.8 Å². The fraction of sp³-hybridized carbons (Fsp3) is 0.360. The van der Waals surface area contributed by atoms with Gasteiger partial charge in [-0.3, -0.25) is 9.59 Å². The quantitative estimate of drug-likeness (QED) is 0.454. The number of carbonyl (C=O) groups is 2. The van der Waals surface area contributed by atoms with E-state index < -0.39 is 17.5 Å². The van der Waals surface area contributed by atoms with Gasteiger partial charge in [-0.25, -0.2) is 0 Å². The Balaban J connectivity index is 1.66. The lowest BCUT2D eigenvalue weighted by atomic mass is 9.63. The molecule has 0 unspecified atom stereocenters. The molecule has 0 saturated heterocycles. The van der Waals surface area contributed by atoms with E-state index in [4.69, 9.17) is 0 Å². The fourth-order valence-corrected chi connectivity index (χ4v) is 4.47. The molecule has 1 heterocycles. The van der Waals surface area contributed by atoms with Crippen molar-refractivity contribution in [2.75, 3.05) is 5.32 Å². The number of hydrogen-bond donors (Lipinski definition) is 2. The van der Waals surface area contributed by atoms with Crippen LogP contribution < -0.4 is 5.32 Å². The van der Waals surface area contributed by atoms with E-state index in [2.05, 4.69) is 38.0 Å². The predicted molar refractivity (Wildman–Crippen MR) is 118 cm³/mol. The standard InChI is InChI=1S/C25H25F3N2O2/c1-23(2)9-10-24(3,4)19-11-14(5-7-18(19)23)22(32)30-15-6-8-20-16(12-15)17(13-29-20)21(31)25(26,27)28/h5-8,11-13,29H,9-10H2,1-4H3,(H,30,32). The number of fused-ring (bicyclic) bond motifs is 2. The van der Waals surface area contributed by atoms with Crippen LogP contribution in [0.25, 0.3) is 10.9 Å². The molecule has 0 bridgehead atoms. The number of nitrogens with one attached hydrogen (secondary N) is 2. The number of halogens is 3. The van der Waals surface area contributed by atoms with Crippen LogP contribution in [0.1, 0.15) is 72.4 Å². The van der Waals surface area contributed by atoms with Crippen molar-refractivity contribution >= 4 is 28.3 Å². The van der Waals surface area contributed by atoms with E-state index in [0.29, 0.717) is 16.8 Å². The summed E-state index contributed by atoms with van der Waals surface area (Å²) in [5.41, 5.74) is 3.05. The summed E-state index contributed by atoms with van der Waals surface area (Å²) in [7, 11) is 0. The second-order valence-electron chi connectivity index (χ2n) is 9.77. The highest BCUT2D eigenvalue weighted by Gasteiger charge is 2.40. The van der Waals surface area contributed by atoms with Gasteiger partial charge in [0.15, 0.2) is 0 Å². The minimum atomic E-state index is -4.97. The van der Waals surface area contributed by atoms with Crippen LogP contribution in [0.15, 0.2) is 42.6 Å². The highest BCUT2D eigenvalue weighted by Crippen LogP contribution is 2.46. The zero-order valence-electron chi connectivity index (χ0n) is 18.4. The minimum Gasteiger partial charge on any atom is -0.360 e. The van der Waals surface area contributed by atoms with Crippen molar-refractivity contribution in [1.29, 1.82) is 0 Å². The van der Waals surface area contributed by atoms with Gasteiger partial charge in [-0.1, -0.05) is 33.8 Å². The van der Waals surface area contributed by atoms with E-state index in [1.165, 1.54) is 17.7 Å². The van der Waals surface area contributed by atoms with Crippen molar-refractivity contribution in [3.63, 3.8) is 0 Å². The minimum absolute atomic E-state index is 0.0284. The molecule has 0 saturated carbocycles. The van der Waals surface area contributed by atoms with E-state index in [1.54, 1.807) is 12.1 Å². The second-order valence-corrected chi connectivity index (χ2v) is 9.77. The van der Waals surface area contributed by atoms with Crippen LogP contribution in [0.4, 0.5) is 18.9 Å². The Morgan fingerprint density at radius 3 is 2.25 bits per heavy atom. The summed E-state index contributed by atoms with van der Waals surface area (Å²) >= 11 is 0. The van der Waals surface area contributed by atoms with E-state index in [-0.39, 0.29) is 22.1 Å². The normalized spacial score (nSPS) is 17.1. The largest absolute Gasteiger partial charge is 0.454 e. The number of aromatic amines is 1. The zero-order valence-corrected chi connectivity index (χ0v) is 18.4. The molecule has 0 radical (unpaired) electrons. The molecule has 4 nitrogen and oxygen atoms in total. The molecule has 32 heavy (non-hydrogen) atoms. The maximum atomic E-state index is 13.0. The van der Waals surface area contributed by atoms with Gasteiger partial charge in [-0.05, 0) is 65.1 Å². The van der Waals surface area contributed by atoms with Gasteiger partial charge >= 0.3 is 6.18 Å². The molecular formula is C25H25F3N2O2. The third kappa shape index (κ3) is 3.80. The maximum absolute atomic E-state index is 13.0. The maximum Gasteiger partial charge on any atom is 0.454 e. The van der Waals surface area contributed by atoms with Gasteiger partial charge in [0.1, 0.15) is 0 Å². The molecule has 168 valence electrons. The van der Waals surface area contributed by atoms with Crippen LogP contribution in [0.5, 0.6) is 0 Å². The number of Topliss-reactive ketones (excluding diaryl/α,β-unsaturated/α-hetero) is 1. The third-order valence-electron chi connectivity index (χ3n) is 6.56. The number of alkyl halides is 3. The first-order valence-corrected chi connectivity index (χ1v) is 10.5. The molecule has 4 rings (SSSR count). The molecule has 7 heteroatoms. The molecule has 0 atom stereocenters. The smallest absolute Gasteiger partial charge is 0.360 e. The number of benzene rings is 2. The highest BCUT2D eigenvalue weighted by molar-refractivity contribution is 6.12. The van der Waals surface area contributed by atoms with E-state index in [0.717, 1.165) is 24.6 Å². The molecule has 1 amide bonds. The Morgan fingerprint density at radius 2 is 1.59 bits per heavy atom. The summed E-state index contributed by atoms with van der Waals surface area (Å²) in [6, 6.07) is 10.2. The average Bonchev–Trinajstić information content (AvgIpc) is 3.13. The van der Waals surface area contributed by atoms with Gasteiger partial charge in [0, 0.05) is 28.4 Å². The number of rotatable bonds is 3. The highest BCUT2D eigenvalue weighted by atomic mass is 19.4. The van der Waals surface area contributed by atoms with Crippen molar-refractivity contribution in [3.8, 4) is 0 Å². The molecule has 1 aliphatic rings. The lowest BCUT2D eigenvalue weighted by Gasteiger charge is -2.42. The summed E-state index contributed by atoms with van der Waals surface area (Å²) < 4.78 is 38.7. The number of amides is 1. The van der Waals surface area contributed by atoms with E-state index in [9.17, 15) is 22.8 Å². The first kappa shape index (κ1) is 22.1. The monoisotopic (exact) mass is 442 g/mol. The number of carbonyl (C=O) groups excluding carboxylic acids is 2. The molecule has 1 aliphatic carbocycles. The molecule has 2 N–H and O–H groups in total. The molecule has 0 aliphatic heterocycles. The van der Waals surface area contributed by atoms with Gasteiger partial charge in [0.2, 0.25) is 0 Å². The van der Waals surface area contributed by atoms with E-state index >= 15 is 0 Å². The zero-order chi connectivity index (χ0) is 23.5. The van der Waals surface area contributed by atoms with Crippen LogP contribution >= 0.6 is 0 Å². The first-order chi connectivity index (χ1) is 14.8. The van der Waals surface area contributed by atoms with Crippen LogP contribution in [0, 0.1) is 0 Å². The number of H-pyrrole nitrogens is 1. The van der Waals surface area contributed by atoms with Gasteiger partial charge in [-0.2, -0.15) is 13.2 Å². The lowest BCUT2D eigenvalue weighted by Crippen LogP contribution is -2.34. The fourth-order valence-electron chi connectivity index (χ4n) is 4.47. The Kier molecular flexibility index (Phi) is 4.99. The molecule has 1 aromatic heterocycles. The number of aromatic nitrogens is 1. The Bertz CT molecular complexity index is 1240. The third-order valence-corrected chi connectivity index (χ3v) is 6.56. The van der Waals surface area contributed by atoms with Crippen molar-refractivity contribution in [3.05, 3.63) is 64.8 Å². The van der Waals surface area contributed by atoms with Crippen LogP contribution in [0.3, 0.4) is 0 Å². The Labute approximate surface area is 184 Å². The van der Waals surface area contributed by atoms with Crippen molar-refractivity contribution in [2.24, 2.45) is 0 Å².